The molecule has 0 spiro atoms. The molecule has 1 nitrogen and oxygen atoms in total. The van der Waals surface area contributed by atoms with E-state index in [4.69, 9.17) is 0 Å². The number of hydrogen-bond acceptors (Lipinski definition) is 0. The summed E-state index contributed by atoms with van der Waals surface area (Å²) in [6.07, 6.45) is 52.4. The van der Waals surface area contributed by atoms with Gasteiger partial charge in [0, 0.05) is 12.1 Å². The van der Waals surface area contributed by atoms with Crippen molar-refractivity contribution in [3.05, 3.63) is 30.3 Å². The van der Waals surface area contributed by atoms with E-state index in [1.54, 1.807) is 30.2 Å². The number of benzene rings is 1. The monoisotopic (exact) mass is 782 g/mol. The fraction of sp³-hybridized carbons (Fsp3) is 0.889. The van der Waals surface area contributed by atoms with Crippen LogP contribution >= 0.6 is 0 Å². The highest BCUT2D eigenvalue weighted by atomic mass is 15.1. The van der Waals surface area contributed by atoms with Crippen LogP contribution in [0.1, 0.15) is 261 Å². The van der Waals surface area contributed by atoms with Gasteiger partial charge in [0.15, 0.2) is 0 Å². The van der Waals surface area contributed by atoms with Gasteiger partial charge in [-0.2, -0.15) is 25.3 Å². The molecule has 2 heteroatoms. The molecule has 3 atom stereocenters. The maximum absolute atomic E-state index is 2.48. The Morgan fingerprint density at radius 2 is 0.786 bits per heavy atom. The molecule has 1 rings (SSSR count). The molecule has 0 saturated heterocycles. The van der Waals surface area contributed by atoms with Crippen LogP contribution in [0.25, 0.3) is 0 Å². The number of rotatable bonds is 41. The number of quaternary nitrogens is 1. The Kier molecular flexibility index (Phi) is 41.8. The molecule has 56 heavy (non-hydrogen) atoms. The summed E-state index contributed by atoms with van der Waals surface area (Å²) in [6.45, 7) is 21.4. The fourth-order valence-electron chi connectivity index (χ4n) is 9.93. The van der Waals surface area contributed by atoms with Gasteiger partial charge in [-0.3, -0.25) is 0 Å². The number of hydrogen-bond donors (Lipinski definition) is 1. The molecule has 0 amide bonds. The van der Waals surface area contributed by atoms with E-state index >= 15 is 0 Å². The maximum Gasteiger partial charge on any atom is 0.131 e. The lowest BCUT2D eigenvalue weighted by Crippen LogP contribution is -3.08. The van der Waals surface area contributed by atoms with Crippen molar-refractivity contribution in [1.29, 1.82) is 0 Å². The van der Waals surface area contributed by atoms with E-state index in [1.165, 1.54) is 224 Å². The lowest BCUT2D eigenvalue weighted by Gasteiger charge is -2.41. The Bertz CT molecular complexity index is 807. The second-order valence-corrected chi connectivity index (χ2v) is 19.3. The van der Waals surface area contributed by atoms with E-state index in [9.17, 15) is 0 Å². The largest absolute Gasteiger partial charge is 0.302 e. The van der Waals surface area contributed by atoms with Crippen molar-refractivity contribution in [2.75, 3.05) is 13.1 Å². The summed E-state index contributed by atoms with van der Waals surface area (Å²) in [4.78, 5) is 1.71. The zero-order valence-electron chi connectivity index (χ0n) is 40.5. The highest BCUT2D eigenvalue weighted by Gasteiger charge is 2.23. The van der Waals surface area contributed by atoms with Gasteiger partial charge in [0.25, 0.3) is 0 Å². The van der Waals surface area contributed by atoms with Gasteiger partial charge in [-0.05, 0) is 43.7 Å². The second-order valence-electron chi connectivity index (χ2n) is 19.3. The second kappa shape index (κ2) is 42.4. The molecule has 0 aromatic heterocycles. The summed E-state index contributed by atoms with van der Waals surface area (Å²) in [5.74, 6) is 1.76. The van der Waals surface area contributed by atoms with Crippen LogP contribution in [0.5, 0.6) is 0 Å². The van der Waals surface area contributed by atoms with Crippen molar-refractivity contribution in [2.24, 2.45) is 11.8 Å². The minimum absolute atomic E-state index is 0.0861. The van der Waals surface area contributed by atoms with E-state index in [1.807, 2.05) is 0 Å². The number of para-hydroxylation sites is 1. The first-order valence-electron chi connectivity index (χ1n) is 26.6. The first-order valence-corrected chi connectivity index (χ1v) is 26.6. The molecule has 3 unspecified atom stereocenters. The zero-order valence-corrected chi connectivity index (χ0v) is 40.5. The van der Waals surface area contributed by atoms with Crippen molar-refractivity contribution < 1.29 is 4.90 Å². The van der Waals surface area contributed by atoms with Crippen LogP contribution in [0.2, 0.25) is 25.3 Å². The molecule has 1 aromatic rings. The molecule has 332 valence electrons. The van der Waals surface area contributed by atoms with Crippen LogP contribution in [0.3, 0.4) is 0 Å². The fourth-order valence-corrected chi connectivity index (χ4v) is 9.93. The molecule has 0 heterocycles. The van der Waals surface area contributed by atoms with Crippen molar-refractivity contribution in [3.63, 3.8) is 0 Å². The van der Waals surface area contributed by atoms with Crippen LogP contribution in [0.15, 0.2) is 30.3 Å². The predicted molar refractivity (Wildman–Crippen MR) is 262 cm³/mol. The molecule has 0 aliphatic heterocycles. The van der Waals surface area contributed by atoms with Crippen LogP contribution in [-0.4, -0.2) is 19.2 Å². The summed E-state index contributed by atoms with van der Waals surface area (Å²) < 4.78 is 0. The van der Waals surface area contributed by atoms with Gasteiger partial charge in [-0.1, -0.05) is 253 Å². The van der Waals surface area contributed by atoms with Crippen LogP contribution in [0, 0.1) is 11.8 Å². The minimum Gasteiger partial charge on any atom is -0.302 e. The Balaban J connectivity index is 0.00000108. The van der Waals surface area contributed by atoms with Gasteiger partial charge >= 0.3 is 0 Å². The Hall–Kier alpha value is -0.755. The zero-order chi connectivity index (χ0) is 41.2. The Morgan fingerprint density at radius 3 is 1.16 bits per heavy atom. The van der Waals surface area contributed by atoms with Crippen LogP contribution in [0.4, 0.5) is 5.69 Å². The number of unbranched alkanes of at least 4 members (excludes halogenated alkanes) is 22. The summed E-state index contributed by atoms with van der Waals surface area (Å²) in [5.41, 5.74) is 1.50. The molecule has 0 aliphatic carbocycles. The standard InChI is InChI=1S/C28H60B.C26H47N/c1-5-9-13-17-21-25-29(26-22-18-14-10-6-2,27-23-19-15-11-7-3)28-24-20-16-12-8-4;1-5-8-9-10-11-12-16-22-27(26-18-14-13-15-19-26)23-24(4)20-21-25(7-3)17-6-2/h5-28H2,1-4H3;13-15,18-19,24-25H,5-12,16-17,20-23H2,1-4H3/q-1;/p+1. The third-order valence-corrected chi connectivity index (χ3v) is 13.9. The van der Waals surface area contributed by atoms with E-state index in [0.29, 0.717) is 0 Å². The Labute approximate surface area is 356 Å². The van der Waals surface area contributed by atoms with Crippen molar-refractivity contribution >= 4 is 11.8 Å². The maximum atomic E-state index is 2.48. The highest BCUT2D eigenvalue weighted by Crippen LogP contribution is 2.35. The van der Waals surface area contributed by atoms with E-state index in [2.05, 4.69) is 85.7 Å². The highest BCUT2D eigenvalue weighted by molar-refractivity contribution is 6.79. The molecule has 1 aromatic carbocycles. The molecule has 0 saturated carbocycles. The molecular formula is C54H108BN. The van der Waals surface area contributed by atoms with E-state index in [-0.39, 0.29) is 6.15 Å². The molecular weight excluding hydrogens is 673 g/mol. The molecule has 0 fully saturated rings. The van der Waals surface area contributed by atoms with E-state index in [0.717, 1.165) is 11.8 Å². The summed E-state index contributed by atoms with van der Waals surface area (Å²) >= 11 is 0. The van der Waals surface area contributed by atoms with Gasteiger partial charge in [-0.25, -0.2) is 0 Å². The first kappa shape index (κ1) is 55.2. The van der Waals surface area contributed by atoms with Gasteiger partial charge in [0.05, 0.1) is 13.1 Å². The van der Waals surface area contributed by atoms with E-state index < -0.39 is 0 Å². The lowest BCUT2D eigenvalue weighted by atomic mass is 9.17. The summed E-state index contributed by atoms with van der Waals surface area (Å²) in [7, 11) is 0. The van der Waals surface area contributed by atoms with Crippen LogP contribution in [-0.2, 0) is 0 Å². The van der Waals surface area contributed by atoms with Gasteiger partial charge < -0.3 is 4.90 Å². The van der Waals surface area contributed by atoms with Gasteiger partial charge in [0.1, 0.15) is 5.69 Å². The topological polar surface area (TPSA) is 4.44 Å². The average Bonchev–Trinajstić information content (AvgIpc) is 3.21. The smallest absolute Gasteiger partial charge is 0.131 e. The quantitative estimate of drug-likeness (QED) is 0.0499. The lowest BCUT2D eigenvalue weighted by molar-refractivity contribution is -0.837. The summed E-state index contributed by atoms with van der Waals surface area (Å²) in [6, 6.07) is 11.2. The predicted octanol–water partition coefficient (Wildman–Crippen LogP) is 18.5. The minimum atomic E-state index is -0.0861. The number of nitrogens with one attached hydrogen (secondary N) is 1. The third kappa shape index (κ3) is 33.1. The molecule has 0 bridgehead atoms. The third-order valence-electron chi connectivity index (χ3n) is 13.9. The SMILES string of the molecule is CCCCCCCCC[NH+](CC(C)CCC(CC)CCC)c1ccccc1.CCCCCCC[B-](CCCCCCC)(CCCCCCC)CCCCCCC. The van der Waals surface area contributed by atoms with Gasteiger partial charge in [0.2, 0.25) is 0 Å². The van der Waals surface area contributed by atoms with Gasteiger partial charge in [-0.15, -0.1) is 0 Å². The average molecular weight is 782 g/mol. The molecule has 0 radical (unpaired) electrons. The summed E-state index contributed by atoms with van der Waals surface area (Å²) in [5, 5.41) is 0. The molecule has 0 aliphatic rings. The van der Waals surface area contributed by atoms with Crippen molar-refractivity contribution in [1.82, 2.24) is 0 Å². The molecule has 1 N–H and O–H groups in total. The first-order chi connectivity index (χ1) is 27.4. The van der Waals surface area contributed by atoms with Crippen molar-refractivity contribution in [2.45, 2.75) is 286 Å². The normalized spacial score (nSPS) is 13.4. The van der Waals surface area contributed by atoms with Crippen molar-refractivity contribution in [3.8, 4) is 0 Å². The Morgan fingerprint density at radius 1 is 0.411 bits per heavy atom. The van der Waals surface area contributed by atoms with Crippen LogP contribution < -0.4 is 4.90 Å².